The number of rotatable bonds is 1. The summed E-state index contributed by atoms with van der Waals surface area (Å²) < 4.78 is 19.5. The van der Waals surface area contributed by atoms with Crippen molar-refractivity contribution >= 4 is 11.7 Å². The highest BCUT2D eigenvalue weighted by molar-refractivity contribution is 5.94. The van der Waals surface area contributed by atoms with Crippen molar-refractivity contribution in [1.82, 2.24) is 9.88 Å². The molecule has 1 unspecified atom stereocenters. The summed E-state index contributed by atoms with van der Waals surface area (Å²) in [7, 11) is 0. The van der Waals surface area contributed by atoms with Gasteiger partial charge in [-0.1, -0.05) is 18.2 Å². The molecule has 4 rings (SSSR count). The van der Waals surface area contributed by atoms with Gasteiger partial charge in [0.1, 0.15) is 12.4 Å². The van der Waals surface area contributed by atoms with Gasteiger partial charge in [-0.3, -0.25) is 4.90 Å². The predicted molar refractivity (Wildman–Crippen MR) is 87.8 cm³/mol. The zero-order valence-electron chi connectivity index (χ0n) is 13.2. The third-order valence-corrected chi connectivity index (χ3v) is 4.65. The van der Waals surface area contributed by atoms with Gasteiger partial charge in [0.25, 0.3) is 0 Å². The van der Waals surface area contributed by atoms with Gasteiger partial charge in [0.2, 0.25) is 5.95 Å². The first-order valence-electron chi connectivity index (χ1n) is 8.13. The van der Waals surface area contributed by atoms with Crippen LogP contribution in [0.2, 0.25) is 0 Å². The van der Waals surface area contributed by atoms with Crippen LogP contribution < -0.4 is 9.64 Å². The first-order valence-corrected chi connectivity index (χ1v) is 8.13. The van der Waals surface area contributed by atoms with Crippen LogP contribution in [0.5, 0.6) is 5.75 Å². The molecule has 1 aromatic heterocycles. The number of benzene rings is 1. The van der Waals surface area contributed by atoms with E-state index in [-0.39, 0.29) is 11.9 Å². The molecule has 1 aromatic carbocycles. The predicted octanol–water partition coefficient (Wildman–Crippen LogP) is 3.03. The molecule has 2 aliphatic heterocycles. The Bertz CT molecular complexity index is 767. The lowest BCUT2D eigenvalue weighted by molar-refractivity contribution is 0.209. The van der Waals surface area contributed by atoms with Crippen molar-refractivity contribution in [3.8, 4) is 5.75 Å². The minimum absolute atomic E-state index is 0.000987. The number of carbonyl (C=O) groups excluding carboxylic acids is 1. The molecule has 0 spiro atoms. The largest absolute Gasteiger partial charge is 0.490 e. The molecule has 24 heavy (non-hydrogen) atoms. The van der Waals surface area contributed by atoms with Crippen LogP contribution in [-0.4, -0.2) is 42.2 Å². The van der Waals surface area contributed by atoms with Crippen LogP contribution in [0, 0.1) is 5.95 Å². The van der Waals surface area contributed by atoms with E-state index in [1.807, 2.05) is 24.3 Å². The number of urea groups is 1. The highest BCUT2D eigenvalue weighted by Crippen LogP contribution is 2.34. The van der Waals surface area contributed by atoms with Crippen molar-refractivity contribution in [3.63, 3.8) is 0 Å². The number of hydrogen-bond donors (Lipinski definition) is 0. The van der Waals surface area contributed by atoms with Gasteiger partial charge in [-0.05, 0) is 24.6 Å². The van der Waals surface area contributed by atoms with Gasteiger partial charge in [-0.15, -0.1) is 0 Å². The molecule has 2 amide bonds. The van der Waals surface area contributed by atoms with Crippen LogP contribution in [0.3, 0.4) is 0 Å². The van der Waals surface area contributed by atoms with Crippen molar-refractivity contribution in [3.05, 3.63) is 54.1 Å². The third-order valence-electron chi connectivity index (χ3n) is 4.65. The van der Waals surface area contributed by atoms with Gasteiger partial charge in [-0.2, -0.15) is 4.39 Å². The van der Waals surface area contributed by atoms with Crippen molar-refractivity contribution in [1.29, 1.82) is 0 Å². The molecule has 6 heteroatoms. The molecule has 0 bridgehead atoms. The Kier molecular flexibility index (Phi) is 3.80. The molecule has 2 aliphatic rings. The summed E-state index contributed by atoms with van der Waals surface area (Å²) in [5.74, 6) is 0.290. The molecule has 1 fully saturated rings. The van der Waals surface area contributed by atoms with Gasteiger partial charge in [0.05, 0.1) is 12.2 Å². The fourth-order valence-corrected chi connectivity index (χ4v) is 3.43. The molecule has 3 heterocycles. The molecular formula is C18H18FN3O2. The highest BCUT2D eigenvalue weighted by atomic mass is 19.1. The van der Waals surface area contributed by atoms with Crippen LogP contribution in [-0.2, 0) is 0 Å². The number of ether oxygens (including phenoxy) is 1. The van der Waals surface area contributed by atoms with Gasteiger partial charge in [0, 0.05) is 30.8 Å². The number of fused-ring (bicyclic) bond motifs is 1. The summed E-state index contributed by atoms with van der Waals surface area (Å²) in [6, 6.07) is 11.0. The number of aromatic nitrogens is 1. The second-order valence-corrected chi connectivity index (χ2v) is 6.07. The number of hydrogen-bond acceptors (Lipinski definition) is 3. The molecule has 1 atom stereocenters. The number of pyridine rings is 1. The van der Waals surface area contributed by atoms with Gasteiger partial charge >= 0.3 is 6.03 Å². The molecule has 2 aromatic rings. The van der Waals surface area contributed by atoms with Crippen molar-refractivity contribution in [2.75, 3.05) is 31.1 Å². The van der Waals surface area contributed by atoms with E-state index in [0.717, 1.165) is 17.9 Å². The van der Waals surface area contributed by atoms with Crippen LogP contribution in [0.25, 0.3) is 0 Å². The summed E-state index contributed by atoms with van der Waals surface area (Å²) in [5.41, 5.74) is 1.39. The number of carbonyl (C=O) groups is 1. The number of likely N-dealkylation sites (tertiary alicyclic amines) is 1. The van der Waals surface area contributed by atoms with E-state index in [4.69, 9.17) is 4.74 Å². The minimum atomic E-state index is -0.437. The van der Waals surface area contributed by atoms with Crippen LogP contribution >= 0.6 is 0 Å². The van der Waals surface area contributed by atoms with Crippen LogP contribution in [0.15, 0.2) is 42.6 Å². The summed E-state index contributed by atoms with van der Waals surface area (Å²) in [4.78, 5) is 20.2. The lowest BCUT2D eigenvalue weighted by Gasteiger charge is -2.32. The zero-order valence-corrected chi connectivity index (χ0v) is 13.2. The maximum absolute atomic E-state index is 13.9. The molecule has 0 radical (unpaired) electrons. The summed E-state index contributed by atoms with van der Waals surface area (Å²) in [5, 5.41) is 0. The lowest BCUT2D eigenvalue weighted by atomic mass is 10.0. The first kappa shape index (κ1) is 14.9. The number of amides is 2. The molecule has 1 saturated heterocycles. The number of halogens is 1. The van der Waals surface area contributed by atoms with Crippen molar-refractivity contribution in [2.45, 2.75) is 12.3 Å². The Hall–Kier alpha value is -2.63. The second-order valence-electron chi connectivity index (χ2n) is 6.07. The number of anilines is 1. The normalized spacial score (nSPS) is 19.8. The number of nitrogens with zero attached hydrogens (tertiary/aromatic N) is 3. The van der Waals surface area contributed by atoms with E-state index in [0.29, 0.717) is 31.8 Å². The minimum Gasteiger partial charge on any atom is -0.490 e. The maximum atomic E-state index is 13.9. The van der Waals surface area contributed by atoms with E-state index < -0.39 is 5.95 Å². The quantitative estimate of drug-likeness (QED) is 0.756. The SMILES string of the molecule is O=C(N1CCC(c2cccnc2F)C1)N1CCOc2ccccc21. The zero-order chi connectivity index (χ0) is 16.5. The van der Waals surface area contributed by atoms with Crippen LogP contribution in [0.1, 0.15) is 17.9 Å². The summed E-state index contributed by atoms with van der Waals surface area (Å²) in [6.45, 7) is 2.15. The lowest BCUT2D eigenvalue weighted by Crippen LogP contribution is -2.45. The second kappa shape index (κ2) is 6.11. The molecule has 0 N–H and O–H groups in total. The Morgan fingerprint density at radius 2 is 2.08 bits per heavy atom. The van der Waals surface area contributed by atoms with Crippen molar-refractivity contribution < 1.29 is 13.9 Å². The fraction of sp³-hybridized carbons (Fsp3) is 0.333. The van der Waals surface area contributed by atoms with E-state index in [9.17, 15) is 9.18 Å². The Labute approximate surface area is 139 Å². The van der Waals surface area contributed by atoms with Gasteiger partial charge < -0.3 is 9.64 Å². The Balaban J connectivity index is 1.52. The third kappa shape index (κ3) is 2.58. The highest BCUT2D eigenvalue weighted by Gasteiger charge is 2.33. The standard InChI is InChI=1S/C18H18FN3O2/c19-17-14(4-3-8-20-17)13-7-9-21(12-13)18(23)22-10-11-24-16-6-2-1-5-15(16)22/h1-6,8,13H,7,9-12H2. The fourth-order valence-electron chi connectivity index (χ4n) is 3.43. The monoisotopic (exact) mass is 327 g/mol. The van der Waals surface area contributed by atoms with E-state index in [2.05, 4.69) is 4.98 Å². The average Bonchev–Trinajstić information content (AvgIpc) is 3.11. The van der Waals surface area contributed by atoms with E-state index >= 15 is 0 Å². The smallest absolute Gasteiger partial charge is 0.324 e. The van der Waals surface area contributed by atoms with E-state index in [1.54, 1.807) is 21.9 Å². The number of para-hydroxylation sites is 2. The topological polar surface area (TPSA) is 45.7 Å². The Morgan fingerprint density at radius 3 is 2.96 bits per heavy atom. The van der Waals surface area contributed by atoms with E-state index in [1.165, 1.54) is 6.20 Å². The average molecular weight is 327 g/mol. The molecular weight excluding hydrogens is 309 g/mol. The summed E-state index contributed by atoms with van der Waals surface area (Å²) >= 11 is 0. The van der Waals surface area contributed by atoms with Crippen molar-refractivity contribution in [2.24, 2.45) is 0 Å². The Morgan fingerprint density at radius 1 is 1.21 bits per heavy atom. The first-order chi connectivity index (χ1) is 11.7. The molecule has 124 valence electrons. The van der Waals surface area contributed by atoms with Gasteiger partial charge in [-0.25, -0.2) is 9.78 Å². The summed E-state index contributed by atoms with van der Waals surface area (Å²) in [6.07, 6.45) is 2.20. The molecule has 0 aliphatic carbocycles. The molecule has 0 saturated carbocycles. The van der Waals surface area contributed by atoms with Gasteiger partial charge in [0.15, 0.2) is 0 Å². The molecule has 5 nitrogen and oxygen atoms in total. The maximum Gasteiger partial charge on any atom is 0.324 e. The van der Waals surface area contributed by atoms with Crippen LogP contribution in [0.4, 0.5) is 14.9 Å².